The highest BCUT2D eigenvalue weighted by Gasteiger charge is 2.47. The van der Waals surface area contributed by atoms with Crippen LogP contribution in [0.3, 0.4) is 0 Å². The van der Waals surface area contributed by atoms with Gasteiger partial charge in [-0.1, -0.05) is 69.2 Å². The summed E-state index contributed by atoms with van der Waals surface area (Å²) >= 11 is 0. The summed E-state index contributed by atoms with van der Waals surface area (Å²) in [6.07, 6.45) is 10.2. The van der Waals surface area contributed by atoms with Gasteiger partial charge in [0.2, 0.25) is 0 Å². The number of benzene rings is 2. The predicted octanol–water partition coefficient (Wildman–Crippen LogP) is 5.94. The fraction of sp³-hybridized carbons (Fsp3) is 0.586. The molecule has 2 aromatic rings. The van der Waals surface area contributed by atoms with Crippen molar-refractivity contribution in [1.29, 1.82) is 0 Å². The third kappa shape index (κ3) is 4.61. The molecule has 2 aliphatic carbocycles. The molecule has 2 aromatic carbocycles. The van der Waals surface area contributed by atoms with Crippen molar-refractivity contribution in [3.63, 3.8) is 0 Å². The summed E-state index contributed by atoms with van der Waals surface area (Å²) in [4.78, 5) is 0. The Bertz CT molecular complexity index is 873. The zero-order chi connectivity index (χ0) is 21.8. The lowest BCUT2D eigenvalue weighted by Crippen LogP contribution is -2.50. The van der Waals surface area contributed by atoms with Gasteiger partial charge in [0.05, 0.1) is 0 Å². The van der Waals surface area contributed by atoms with Crippen LogP contribution >= 0.6 is 0 Å². The highest BCUT2D eigenvalue weighted by Crippen LogP contribution is 2.53. The maximum atomic E-state index is 5.93. The molecule has 0 aliphatic heterocycles. The van der Waals surface area contributed by atoms with E-state index < -0.39 is 0 Å². The summed E-state index contributed by atoms with van der Waals surface area (Å²) in [5.74, 6) is 1.57. The molecule has 0 aromatic heterocycles. The third-order valence-corrected chi connectivity index (χ3v) is 8.46. The largest absolute Gasteiger partial charge is 0.326 e. The van der Waals surface area contributed by atoms with Crippen LogP contribution in [-0.2, 0) is 31.2 Å². The Morgan fingerprint density at radius 2 is 1.90 bits per heavy atom. The molecule has 31 heavy (non-hydrogen) atoms. The quantitative estimate of drug-likeness (QED) is 0.557. The van der Waals surface area contributed by atoms with Crippen molar-refractivity contribution in [2.45, 2.75) is 90.1 Å². The van der Waals surface area contributed by atoms with Crippen LogP contribution in [0.5, 0.6) is 0 Å². The molecule has 1 fully saturated rings. The highest BCUT2D eigenvalue weighted by molar-refractivity contribution is 5.41. The van der Waals surface area contributed by atoms with E-state index in [-0.39, 0.29) is 0 Å². The van der Waals surface area contributed by atoms with Crippen molar-refractivity contribution in [2.24, 2.45) is 17.6 Å². The van der Waals surface area contributed by atoms with Crippen LogP contribution in [0.4, 0.5) is 0 Å². The van der Waals surface area contributed by atoms with Crippen molar-refractivity contribution in [3.8, 4) is 0 Å². The molecule has 168 valence electrons. The van der Waals surface area contributed by atoms with Gasteiger partial charge in [-0.3, -0.25) is 0 Å². The second-order valence-corrected chi connectivity index (χ2v) is 10.3. The van der Waals surface area contributed by atoms with Crippen LogP contribution in [0, 0.1) is 11.8 Å². The molecule has 2 aliphatic rings. The van der Waals surface area contributed by atoms with E-state index in [9.17, 15) is 0 Å². The van der Waals surface area contributed by atoms with E-state index >= 15 is 0 Å². The average molecular weight is 419 g/mol. The molecule has 1 saturated carbocycles. The molecule has 2 nitrogen and oxygen atoms in total. The number of hydrogen-bond acceptors (Lipinski definition) is 2. The summed E-state index contributed by atoms with van der Waals surface area (Å²) in [6, 6.07) is 16.6. The van der Waals surface area contributed by atoms with E-state index in [0.717, 1.165) is 24.8 Å². The van der Waals surface area contributed by atoms with Gasteiger partial charge in [-0.2, -0.15) is 0 Å². The average Bonchev–Trinajstić information content (AvgIpc) is 2.78. The molecule has 3 N–H and O–H groups in total. The Morgan fingerprint density at radius 3 is 2.68 bits per heavy atom. The first kappa shape index (κ1) is 22.6. The Kier molecular flexibility index (Phi) is 7.19. The first-order chi connectivity index (χ1) is 15.1. The molecule has 4 rings (SSSR count). The Balaban J connectivity index is 1.44. The lowest BCUT2D eigenvalue weighted by Gasteiger charge is -2.52. The van der Waals surface area contributed by atoms with Crippen LogP contribution in [0.1, 0.15) is 80.7 Å². The second kappa shape index (κ2) is 9.88. The van der Waals surface area contributed by atoms with Gasteiger partial charge in [-0.25, -0.2) is 0 Å². The van der Waals surface area contributed by atoms with Gasteiger partial charge in [-0.05, 0) is 97.1 Å². The van der Waals surface area contributed by atoms with E-state index in [1.807, 2.05) is 0 Å². The number of nitrogens with two attached hydrogens (primary N) is 1. The number of rotatable bonds is 8. The highest BCUT2D eigenvalue weighted by atomic mass is 14.9. The minimum Gasteiger partial charge on any atom is -0.326 e. The van der Waals surface area contributed by atoms with Gasteiger partial charge in [-0.15, -0.1) is 0 Å². The van der Waals surface area contributed by atoms with Gasteiger partial charge in [0.1, 0.15) is 0 Å². The summed E-state index contributed by atoms with van der Waals surface area (Å²) in [6.45, 7) is 8.96. The maximum absolute atomic E-state index is 5.93. The lowest BCUT2D eigenvalue weighted by atomic mass is 9.53. The van der Waals surface area contributed by atoms with Crippen molar-refractivity contribution in [2.75, 3.05) is 6.54 Å². The number of nitrogens with one attached hydrogen (secondary N) is 1. The fourth-order valence-electron chi connectivity index (χ4n) is 6.78. The second-order valence-electron chi connectivity index (χ2n) is 10.3. The van der Waals surface area contributed by atoms with Crippen molar-refractivity contribution < 1.29 is 0 Å². The molecule has 0 radical (unpaired) electrons. The van der Waals surface area contributed by atoms with Crippen LogP contribution in [0.2, 0.25) is 0 Å². The summed E-state index contributed by atoms with van der Waals surface area (Å²) < 4.78 is 0. The van der Waals surface area contributed by atoms with Gasteiger partial charge >= 0.3 is 0 Å². The first-order valence-electron chi connectivity index (χ1n) is 12.7. The van der Waals surface area contributed by atoms with Crippen LogP contribution in [-0.4, -0.2) is 12.6 Å². The fourth-order valence-corrected chi connectivity index (χ4v) is 6.78. The summed E-state index contributed by atoms with van der Waals surface area (Å²) in [5, 5.41) is 3.91. The van der Waals surface area contributed by atoms with Crippen molar-refractivity contribution >= 4 is 0 Å². The van der Waals surface area contributed by atoms with Gasteiger partial charge in [0.15, 0.2) is 0 Å². The standard InChI is InChI=1S/C29H42N2/c1-4-8-22-12-14-27-24(19-22)13-15-28-26(11-7-17-29(27,28)3)21(2)31-18-16-23-9-5-6-10-25(23)20-30/h5-6,9-10,12,14,19,21,26,28,31H,4,7-8,11,13,15-18,20,30H2,1-3H3. The summed E-state index contributed by atoms with van der Waals surface area (Å²) in [7, 11) is 0. The van der Waals surface area contributed by atoms with E-state index in [4.69, 9.17) is 5.73 Å². The number of aryl methyl sites for hydroxylation is 2. The Morgan fingerprint density at radius 1 is 1.10 bits per heavy atom. The first-order valence-corrected chi connectivity index (χ1v) is 12.7. The lowest BCUT2D eigenvalue weighted by molar-refractivity contribution is 0.0831. The van der Waals surface area contributed by atoms with Gasteiger partial charge in [0.25, 0.3) is 0 Å². The normalized spacial score (nSPS) is 26.2. The van der Waals surface area contributed by atoms with Crippen LogP contribution < -0.4 is 11.1 Å². The molecule has 0 amide bonds. The number of fused-ring (bicyclic) bond motifs is 3. The Hall–Kier alpha value is -1.64. The van der Waals surface area contributed by atoms with Crippen LogP contribution in [0.15, 0.2) is 42.5 Å². The van der Waals surface area contributed by atoms with E-state index in [0.29, 0.717) is 18.0 Å². The van der Waals surface area contributed by atoms with E-state index in [2.05, 4.69) is 68.6 Å². The smallest absolute Gasteiger partial charge is 0.0180 e. The molecular weight excluding hydrogens is 376 g/mol. The third-order valence-electron chi connectivity index (χ3n) is 8.46. The number of hydrogen-bond donors (Lipinski definition) is 2. The molecule has 0 spiro atoms. The molecule has 4 unspecified atom stereocenters. The molecule has 0 saturated heterocycles. The van der Waals surface area contributed by atoms with Crippen molar-refractivity contribution in [3.05, 3.63) is 70.3 Å². The SMILES string of the molecule is CCCc1ccc2c(c1)CCC1C(C(C)NCCc3ccccc3CN)CCCC21C. The van der Waals surface area contributed by atoms with Gasteiger partial charge < -0.3 is 11.1 Å². The Labute approximate surface area is 190 Å². The molecule has 0 heterocycles. The molecular formula is C29H42N2. The zero-order valence-electron chi connectivity index (χ0n) is 19.9. The van der Waals surface area contributed by atoms with Gasteiger partial charge in [0, 0.05) is 12.6 Å². The van der Waals surface area contributed by atoms with Crippen LogP contribution in [0.25, 0.3) is 0 Å². The van der Waals surface area contributed by atoms with Crippen molar-refractivity contribution in [1.82, 2.24) is 5.32 Å². The minimum absolute atomic E-state index is 0.351. The van der Waals surface area contributed by atoms with E-state index in [1.54, 1.807) is 11.1 Å². The minimum atomic E-state index is 0.351. The topological polar surface area (TPSA) is 38.0 Å². The maximum Gasteiger partial charge on any atom is 0.0180 e. The zero-order valence-corrected chi connectivity index (χ0v) is 19.9. The molecule has 2 heteroatoms. The molecule has 4 atom stereocenters. The molecule has 0 bridgehead atoms. The summed E-state index contributed by atoms with van der Waals surface area (Å²) in [5.41, 5.74) is 13.8. The monoisotopic (exact) mass is 418 g/mol. The predicted molar refractivity (Wildman–Crippen MR) is 132 cm³/mol. The van der Waals surface area contributed by atoms with E-state index in [1.165, 1.54) is 61.6 Å².